The fourth-order valence-corrected chi connectivity index (χ4v) is 3.25. The lowest BCUT2D eigenvalue weighted by molar-refractivity contribution is 0.0562. The van der Waals surface area contributed by atoms with E-state index >= 15 is 0 Å². The van der Waals surface area contributed by atoms with Crippen molar-refractivity contribution in [1.82, 2.24) is 9.80 Å². The molecule has 2 fully saturated rings. The molecule has 1 aromatic rings. The SMILES string of the molecule is CN1C[C@@H]2COC[C@H](C1)N(Cc1cccc(O)c1)C2. The van der Waals surface area contributed by atoms with E-state index in [4.69, 9.17) is 4.74 Å². The third-order valence-electron chi connectivity index (χ3n) is 4.06. The Morgan fingerprint density at radius 3 is 3.00 bits per heavy atom. The highest BCUT2D eigenvalue weighted by atomic mass is 16.5. The van der Waals surface area contributed by atoms with Gasteiger partial charge in [0, 0.05) is 38.1 Å². The highest BCUT2D eigenvalue weighted by Crippen LogP contribution is 2.22. The molecule has 0 saturated carbocycles. The Morgan fingerprint density at radius 2 is 2.16 bits per heavy atom. The molecule has 0 amide bonds. The Balaban J connectivity index is 1.76. The van der Waals surface area contributed by atoms with Crippen LogP contribution in [0.1, 0.15) is 5.56 Å². The van der Waals surface area contributed by atoms with Gasteiger partial charge >= 0.3 is 0 Å². The van der Waals surface area contributed by atoms with Crippen molar-refractivity contribution < 1.29 is 9.84 Å². The van der Waals surface area contributed by atoms with Gasteiger partial charge in [-0.1, -0.05) is 12.1 Å². The number of likely N-dealkylation sites (N-methyl/N-ethyl adjacent to an activating group) is 1. The summed E-state index contributed by atoms with van der Waals surface area (Å²) in [5.41, 5.74) is 1.18. The number of phenols is 1. The first kappa shape index (κ1) is 12.9. The van der Waals surface area contributed by atoms with Crippen molar-refractivity contribution in [1.29, 1.82) is 0 Å². The third kappa shape index (κ3) is 3.08. The second kappa shape index (κ2) is 5.49. The number of aromatic hydroxyl groups is 1. The van der Waals surface area contributed by atoms with Crippen LogP contribution in [0.5, 0.6) is 5.75 Å². The second-order valence-electron chi connectivity index (χ2n) is 5.88. The zero-order chi connectivity index (χ0) is 13.2. The van der Waals surface area contributed by atoms with Gasteiger partial charge in [-0.3, -0.25) is 4.90 Å². The Kier molecular flexibility index (Phi) is 3.73. The number of hydrogen-bond acceptors (Lipinski definition) is 4. The summed E-state index contributed by atoms with van der Waals surface area (Å²) >= 11 is 0. The molecule has 104 valence electrons. The van der Waals surface area contributed by atoms with Crippen LogP contribution in [0.25, 0.3) is 0 Å². The minimum atomic E-state index is 0.351. The standard InChI is InChI=1S/C15H22N2O2/c1-16-6-13-8-17(14(9-16)11-19-10-13)7-12-3-2-4-15(18)5-12/h2-5,13-14,18H,6-11H2,1H3/t13-,14-/m0/s1. The molecule has 2 heterocycles. The average Bonchev–Trinajstić information content (AvgIpc) is 2.59. The van der Waals surface area contributed by atoms with E-state index in [0.29, 0.717) is 17.7 Å². The zero-order valence-electron chi connectivity index (χ0n) is 11.5. The summed E-state index contributed by atoms with van der Waals surface area (Å²) in [5, 5.41) is 9.58. The van der Waals surface area contributed by atoms with Crippen molar-refractivity contribution in [2.45, 2.75) is 12.6 Å². The zero-order valence-corrected chi connectivity index (χ0v) is 11.5. The van der Waals surface area contributed by atoms with Crippen LogP contribution in [0.15, 0.2) is 24.3 Å². The lowest BCUT2D eigenvalue weighted by Gasteiger charge is -2.29. The summed E-state index contributed by atoms with van der Waals surface area (Å²) in [5.74, 6) is 0.943. The van der Waals surface area contributed by atoms with Gasteiger partial charge in [0.1, 0.15) is 5.75 Å². The molecule has 0 radical (unpaired) electrons. The van der Waals surface area contributed by atoms with Crippen LogP contribution in [0, 0.1) is 5.92 Å². The van der Waals surface area contributed by atoms with Crippen LogP contribution in [-0.2, 0) is 11.3 Å². The number of phenolic OH excluding ortho intramolecular Hbond substituents is 1. The van der Waals surface area contributed by atoms with E-state index in [1.165, 1.54) is 5.56 Å². The van der Waals surface area contributed by atoms with Crippen LogP contribution in [0.3, 0.4) is 0 Å². The highest BCUT2D eigenvalue weighted by Gasteiger charge is 2.31. The van der Waals surface area contributed by atoms with Gasteiger partial charge in [-0.2, -0.15) is 0 Å². The van der Waals surface area contributed by atoms with Gasteiger partial charge in [-0.15, -0.1) is 0 Å². The molecule has 1 N–H and O–H groups in total. The van der Waals surface area contributed by atoms with E-state index in [1.54, 1.807) is 6.07 Å². The summed E-state index contributed by atoms with van der Waals surface area (Å²) in [6.45, 7) is 5.86. The number of nitrogens with zero attached hydrogens (tertiary/aromatic N) is 2. The first-order valence-electron chi connectivity index (χ1n) is 6.99. The monoisotopic (exact) mass is 262 g/mol. The average molecular weight is 262 g/mol. The highest BCUT2D eigenvalue weighted by molar-refractivity contribution is 5.27. The van der Waals surface area contributed by atoms with Crippen LogP contribution in [0.4, 0.5) is 0 Å². The van der Waals surface area contributed by atoms with E-state index in [1.807, 2.05) is 12.1 Å². The smallest absolute Gasteiger partial charge is 0.115 e. The number of ether oxygens (including phenoxy) is 1. The largest absolute Gasteiger partial charge is 0.508 e. The summed E-state index contributed by atoms with van der Waals surface area (Å²) in [7, 11) is 2.20. The molecule has 1 aromatic carbocycles. The molecule has 2 bridgehead atoms. The Morgan fingerprint density at radius 1 is 1.26 bits per heavy atom. The number of hydrogen-bond donors (Lipinski definition) is 1. The fourth-order valence-electron chi connectivity index (χ4n) is 3.25. The molecule has 2 aliphatic rings. The quantitative estimate of drug-likeness (QED) is 0.867. The van der Waals surface area contributed by atoms with Crippen LogP contribution in [0.2, 0.25) is 0 Å². The predicted octanol–water partition coefficient (Wildman–Crippen LogP) is 1.15. The van der Waals surface area contributed by atoms with E-state index in [2.05, 4.69) is 22.9 Å². The molecule has 4 nitrogen and oxygen atoms in total. The molecular weight excluding hydrogens is 240 g/mol. The van der Waals surface area contributed by atoms with Gasteiger partial charge in [0.2, 0.25) is 0 Å². The first-order valence-corrected chi connectivity index (χ1v) is 6.99. The van der Waals surface area contributed by atoms with Crippen LogP contribution in [-0.4, -0.2) is 60.8 Å². The van der Waals surface area contributed by atoms with Gasteiger partial charge in [0.15, 0.2) is 0 Å². The molecule has 0 aliphatic carbocycles. The van der Waals surface area contributed by atoms with Gasteiger partial charge in [0.05, 0.1) is 13.2 Å². The molecule has 2 saturated heterocycles. The fraction of sp³-hybridized carbons (Fsp3) is 0.600. The van der Waals surface area contributed by atoms with E-state index in [9.17, 15) is 5.11 Å². The molecule has 19 heavy (non-hydrogen) atoms. The molecule has 4 heteroatoms. The van der Waals surface area contributed by atoms with Gasteiger partial charge in [-0.25, -0.2) is 0 Å². The third-order valence-corrected chi connectivity index (χ3v) is 4.06. The molecule has 0 aromatic heterocycles. The van der Waals surface area contributed by atoms with Crippen molar-refractivity contribution in [2.75, 3.05) is 39.9 Å². The van der Waals surface area contributed by atoms with Crippen LogP contribution < -0.4 is 0 Å². The van der Waals surface area contributed by atoms with Crippen molar-refractivity contribution >= 4 is 0 Å². The number of fused-ring (bicyclic) bond motifs is 3. The molecular formula is C15H22N2O2. The number of benzene rings is 1. The topological polar surface area (TPSA) is 35.9 Å². The van der Waals surface area contributed by atoms with Gasteiger partial charge in [-0.05, 0) is 24.7 Å². The lowest BCUT2D eigenvalue weighted by Crippen LogP contribution is -2.42. The second-order valence-corrected chi connectivity index (χ2v) is 5.88. The first-order chi connectivity index (χ1) is 9.20. The Hall–Kier alpha value is -1.10. The van der Waals surface area contributed by atoms with E-state index in [-0.39, 0.29) is 0 Å². The van der Waals surface area contributed by atoms with E-state index in [0.717, 1.165) is 39.4 Å². The molecule has 3 rings (SSSR count). The molecule has 0 spiro atoms. The summed E-state index contributed by atoms with van der Waals surface area (Å²) < 4.78 is 5.78. The maximum atomic E-state index is 9.58. The Bertz CT molecular complexity index is 438. The molecule has 0 unspecified atom stereocenters. The van der Waals surface area contributed by atoms with Crippen molar-refractivity contribution in [3.8, 4) is 5.75 Å². The maximum Gasteiger partial charge on any atom is 0.115 e. The minimum absolute atomic E-state index is 0.351. The van der Waals surface area contributed by atoms with Crippen molar-refractivity contribution in [3.05, 3.63) is 29.8 Å². The maximum absolute atomic E-state index is 9.58. The summed E-state index contributed by atoms with van der Waals surface area (Å²) in [4.78, 5) is 4.93. The summed E-state index contributed by atoms with van der Waals surface area (Å²) in [6.07, 6.45) is 0. The minimum Gasteiger partial charge on any atom is -0.508 e. The molecule has 2 aliphatic heterocycles. The van der Waals surface area contributed by atoms with E-state index < -0.39 is 0 Å². The molecule has 2 atom stereocenters. The normalized spacial score (nSPS) is 29.1. The van der Waals surface area contributed by atoms with Gasteiger partial charge < -0.3 is 14.7 Å². The van der Waals surface area contributed by atoms with Crippen molar-refractivity contribution in [2.24, 2.45) is 5.92 Å². The lowest BCUT2D eigenvalue weighted by atomic mass is 10.1. The Labute approximate surface area is 114 Å². The van der Waals surface area contributed by atoms with Crippen molar-refractivity contribution in [3.63, 3.8) is 0 Å². The van der Waals surface area contributed by atoms with Crippen LogP contribution >= 0.6 is 0 Å². The predicted molar refractivity (Wildman–Crippen MR) is 74.1 cm³/mol. The number of rotatable bonds is 2. The summed E-state index contributed by atoms with van der Waals surface area (Å²) in [6, 6.07) is 8.04. The van der Waals surface area contributed by atoms with Gasteiger partial charge in [0.25, 0.3) is 0 Å².